The van der Waals surface area contributed by atoms with Crippen LogP contribution in [0.25, 0.3) is 0 Å². The number of nitrogens with one attached hydrogen (secondary N) is 1. The van der Waals surface area contributed by atoms with Crippen LogP contribution in [0.5, 0.6) is 0 Å². The first-order valence-electron chi connectivity index (χ1n) is 5.91. The zero-order chi connectivity index (χ0) is 14.0. The molecule has 1 aromatic carbocycles. The van der Waals surface area contributed by atoms with E-state index in [-0.39, 0.29) is 5.82 Å². The number of halogens is 3. The third-order valence-corrected chi connectivity index (χ3v) is 3.53. The maximum Gasteiger partial charge on any atom is 0.129 e. The maximum absolute atomic E-state index is 14.1. The second-order valence-corrected chi connectivity index (χ2v) is 4.94. The van der Waals surface area contributed by atoms with Crippen molar-refractivity contribution in [3.05, 3.63) is 51.5 Å². The minimum Gasteiger partial charge on any atom is -0.305 e. The van der Waals surface area contributed by atoms with Crippen LogP contribution in [0.1, 0.15) is 24.2 Å². The molecular formula is C13H14Cl2FN3. The minimum atomic E-state index is -0.432. The molecule has 1 N–H and O–H groups in total. The number of aromatic nitrogens is 2. The quantitative estimate of drug-likeness (QED) is 0.936. The van der Waals surface area contributed by atoms with Gasteiger partial charge in [-0.2, -0.15) is 5.10 Å². The molecule has 0 aliphatic carbocycles. The van der Waals surface area contributed by atoms with E-state index in [0.717, 1.165) is 0 Å². The summed E-state index contributed by atoms with van der Waals surface area (Å²) in [5.41, 5.74) is 1.08. The lowest BCUT2D eigenvalue weighted by atomic mass is 10.0. The Hall–Kier alpha value is -1.10. The SMILES string of the molecule is CCNC(c1c(F)cccc1Cl)c1c(Cl)cnn1C. The van der Waals surface area contributed by atoms with Crippen LogP contribution in [-0.2, 0) is 7.05 Å². The summed E-state index contributed by atoms with van der Waals surface area (Å²) in [4.78, 5) is 0. The zero-order valence-electron chi connectivity index (χ0n) is 10.6. The molecule has 102 valence electrons. The lowest BCUT2D eigenvalue weighted by Gasteiger charge is -2.21. The molecule has 0 aliphatic rings. The van der Waals surface area contributed by atoms with Gasteiger partial charge in [0.05, 0.1) is 23.0 Å². The van der Waals surface area contributed by atoms with Crippen molar-refractivity contribution in [2.45, 2.75) is 13.0 Å². The molecule has 0 spiro atoms. The molecule has 0 fully saturated rings. The summed E-state index contributed by atoms with van der Waals surface area (Å²) in [6.07, 6.45) is 1.54. The summed E-state index contributed by atoms with van der Waals surface area (Å²) < 4.78 is 15.7. The smallest absolute Gasteiger partial charge is 0.129 e. The van der Waals surface area contributed by atoms with Gasteiger partial charge in [0.25, 0.3) is 0 Å². The van der Waals surface area contributed by atoms with Crippen molar-refractivity contribution in [3.63, 3.8) is 0 Å². The van der Waals surface area contributed by atoms with E-state index in [1.54, 1.807) is 23.9 Å². The predicted molar refractivity (Wildman–Crippen MR) is 75.1 cm³/mol. The van der Waals surface area contributed by atoms with Crippen molar-refractivity contribution < 1.29 is 4.39 Å². The molecule has 6 heteroatoms. The summed E-state index contributed by atoms with van der Waals surface area (Å²) in [6.45, 7) is 2.59. The van der Waals surface area contributed by atoms with E-state index < -0.39 is 6.04 Å². The van der Waals surface area contributed by atoms with E-state index in [0.29, 0.717) is 27.8 Å². The van der Waals surface area contributed by atoms with Crippen LogP contribution in [0.2, 0.25) is 10.0 Å². The van der Waals surface area contributed by atoms with Gasteiger partial charge in [0.1, 0.15) is 5.82 Å². The Balaban J connectivity index is 2.58. The number of rotatable bonds is 4. The maximum atomic E-state index is 14.1. The van der Waals surface area contributed by atoms with Crippen molar-refractivity contribution in [1.29, 1.82) is 0 Å². The van der Waals surface area contributed by atoms with Crippen molar-refractivity contribution in [2.24, 2.45) is 7.05 Å². The summed E-state index contributed by atoms with van der Waals surface area (Å²) in [7, 11) is 1.76. The van der Waals surface area contributed by atoms with E-state index in [1.807, 2.05) is 6.92 Å². The molecule has 1 aromatic heterocycles. The molecule has 1 heterocycles. The summed E-state index contributed by atoms with van der Waals surface area (Å²) in [5, 5.41) is 8.12. The molecule has 3 nitrogen and oxygen atoms in total. The molecule has 0 bridgehead atoms. The highest BCUT2D eigenvalue weighted by Gasteiger charge is 2.25. The predicted octanol–water partition coefficient (Wildman–Crippen LogP) is 3.56. The Bertz CT molecular complexity index is 544. The lowest BCUT2D eigenvalue weighted by molar-refractivity contribution is 0.532. The number of benzene rings is 1. The fourth-order valence-corrected chi connectivity index (χ4v) is 2.62. The average Bonchev–Trinajstić information content (AvgIpc) is 2.68. The van der Waals surface area contributed by atoms with E-state index in [9.17, 15) is 4.39 Å². The van der Waals surface area contributed by atoms with Gasteiger partial charge in [-0.25, -0.2) is 4.39 Å². The first-order chi connectivity index (χ1) is 9.06. The molecule has 1 unspecified atom stereocenters. The summed E-state index contributed by atoms with van der Waals surface area (Å²) in [6, 6.07) is 4.19. The van der Waals surface area contributed by atoms with Crippen LogP contribution in [0, 0.1) is 5.82 Å². The van der Waals surface area contributed by atoms with Crippen LogP contribution in [-0.4, -0.2) is 16.3 Å². The molecule has 19 heavy (non-hydrogen) atoms. The van der Waals surface area contributed by atoms with Gasteiger partial charge in [-0.3, -0.25) is 4.68 Å². The Morgan fingerprint density at radius 3 is 2.63 bits per heavy atom. The number of aryl methyl sites for hydroxylation is 1. The van der Waals surface area contributed by atoms with E-state index in [1.165, 1.54) is 12.3 Å². The highest BCUT2D eigenvalue weighted by molar-refractivity contribution is 6.32. The van der Waals surface area contributed by atoms with Gasteiger partial charge in [-0.05, 0) is 18.7 Å². The monoisotopic (exact) mass is 301 g/mol. The van der Waals surface area contributed by atoms with Crippen molar-refractivity contribution in [3.8, 4) is 0 Å². The first kappa shape index (κ1) is 14.3. The highest BCUT2D eigenvalue weighted by atomic mass is 35.5. The first-order valence-corrected chi connectivity index (χ1v) is 6.66. The van der Waals surface area contributed by atoms with Crippen LogP contribution in [0.4, 0.5) is 4.39 Å². The Kier molecular flexibility index (Phi) is 4.45. The molecule has 2 aromatic rings. The van der Waals surface area contributed by atoms with Crippen molar-refractivity contribution in [2.75, 3.05) is 6.54 Å². The largest absolute Gasteiger partial charge is 0.305 e. The van der Waals surface area contributed by atoms with Crippen LogP contribution < -0.4 is 5.32 Å². The summed E-state index contributed by atoms with van der Waals surface area (Å²) >= 11 is 12.3. The third-order valence-electron chi connectivity index (χ3n) is 2.91. The van der Waals surface area contributed by atoms with Gasteiger partial charge in [0.15, 0.2) is 0 Å². The molecule has 0 aliphatic heterocycles. The second-order valence-electron chi connectivity index (χ2n) is 4.13. The Morgan fingerprint density at radius 1 is 1.37 bits per heavy atom. The fraction of sp³-hybridized carbons (Fsp3) is 0.308. The standard InChI is InChI=1S/C13H14Cl2FN3/c1-3-17-12(13-9(15)7-18-19(13)2)11-8(14)5-4-6-10(11)16/h4-7,12,17H,3H2,1-2H3. The van der Waals surface area contributed by atoms with Gasteiger partial charge in [-0.1, -0.05) is 36.2 Å². The molecule has 0 saturated heterocycles. The van der Waals surface area contributed by atoms with Crippen molar-refractivity contribution in [1.82, 2.24) is 15.1 Å². The molecule has 0 saturated carbocycles. The molecule has 1 atom stereocenters. The molecular weight excluding hydrogens is 288 g/mol. The number of hydrogen-bond acceptors (Lipinski definition) is 2. The van der Waals surface area contributed by atoms with Crippen LogP contribution in [0.15, 0.2) is 24.4 Å². The van der Waals surface area contributed by atoms with E-state index in [2.05, 4.69) is 10.4 Å². The Morgan fingerprint density at radius 2 is 2.11 bits per heavy atom. The van der Waals surface area contributed by atoms with Gasteiger partial charge in [0.2, 0.25) is 0 Å². The van der Waals surface area contributed by atoms with Gasteiger partial charge >= 0.3 is 0 Å². The van der Waals surface area contributed by atoms with Crippen LogP contribution >= 0.6 is 23.2 Å². The number of nitrogens with zero attached hydrogens (tertiary/aromatic N) is 2. The fourth-order valence-electron chi connectivity index (χ4n) is 2.07. The zero-order valence-corrected chi connectivity index (χ0v) is 12.1. The van der Waals surface area contributed by atoms with Gasteiger partial charge in [-0.15, -0.1) is 0 Å². The summed E-state index contributed by atoms with van der Waals surface area (Å²) in [5.74, 6) is -0.365. The van der Waals surface area contributed by atoms with Crippen LogP contribution in [0.3, 0.4) is 0 Å². The third kappa shape index (κ3) is 2.76. The normalized spacial score (nSPS) is 12.7. The Labute approximate surface area is 121 Å². The van der Waals surface area contributed by atoms with Crippen molar-refractivity contribution >= 4 is 23.2 Å². The average molecular weight is 302 g/mol. The van der Waals surface area contributed by atoms with E-state index >= 15 is 0 Å². The molecule has 0 radical (unpaired) electrons. The van der Waals surface area contributed by atoms with E-state index in [4.69, 9.17) is 23.2 Å². The second kappa shape index (κ2) is 5.90. The number of hydrogen-bond donors (Lipinski definition) is 1. The minimum absolute atomic E-state index is 0.364. The van der Waals surface area contributed by atoms with Gasteiger partial charge < -0.3 is 5.32 Å². The highest BCUT2D eigenvalue weighted by Crippen LogP contribution is 2.33. The van der Waals surface area contributed by atoms with Gasteiger partial charge in [0, 0.05) is 17.6 Å². The molecule has 0 amide bonds. The lowest BCUT2D eigenvalue weighted by Crippen LogP contribution is -2.25. The topological polar surface area (TPSA) is 29.9 Å². The molecule has 2 rings (SSSR count).